The second kappa shape index (κ2) is 5.50. The van der Waals surface area contributed by atoms with E-state index in [9.17, 15) is 5.11 Å². The molecule has 21 heavy (non-hydrogen) atoms. The van der Waals surface area contributed by atoms with Gasteiger partial charge in [0.2, 0.25) is 0 Å². The summed E-state index contributed by atoms with van der Waals surface area (Å²) in [5.41, 5.74) is 0.872. The number of rotatable bonds is 3. The van der Waals surface area contributed by atoms with Crippen molar-refractivity contribution in [1.82, 2.24) is 4.90 Å². The van der Waals surface area contributed by atoms with Crippen LogP contribution in [-0.2, 0) is 5.41 Å². The zero-order chi connectivity index (χ0) is 16.0. The first-order valence-corrected chi connectivity index (χ1v) is 7.59. The second-order valence-corrected chi connectivity index (χ2v) is 6.17. The van der Waals surface area contributed by atoms with Crippen molar-refractivity contribution in [3.8, 4) is 11.5 Å². The second-order valence-electron chi connectivity index (χ2n) is 6.17. The Balaban J connectivity index is 2.08. The van der Waals surface area contributed by atoms with Gasteiger partial charge in [-0.15, -0.1) is 0 Å². The third-order valence-corrected chi connectivity index (χ3v) is 5.16. The Morgan fingerprint density at radius 1 is 1.29 bits per heavy atom. The summed E-state index contributed by atoms with van der Waals surface area (Å²) in [6, 6.07) is 5.23. The van der Waals surface area contributed by atoms with Gasteiger partial charge in [0, 0.05) is 12.8 Å². The number of methoxy groups -OCH3 is 2. The fraction of sp³-hybridized carbons (Fsp3) is 0.647. The highest BCUT2D eigenvalue weighted by Gasteiger charge is 2.50. The molecule has 4 heteroatoms. The molecule has 2 fully saturated rings. The minimum atomic E-state index is -0.760. The molecule has 1 aliphatic heterocycles. The van der Waals surface area contributed by atoms with E-state index in [1.165, 1.54) is 0 Å². The number of benzene rings is 1. The van der Waals surface area contributed by atoms with Crippen LogP contribution in [0.5, 0.6) is 11.5 Å². The molecule has 1 aromatic rings. The van der Waals surface area contributed by atoms with Crippen molar-refractivity contribution < 1.29 is 16.0 Å². The van der Waals surface area contributed by atoms with Crippen molar-refractivity contribution >= 4 is 0 Å². The van der Waals surface area contributed by atoms with Crippen molar-refractivity contribution in [1.29, 1.82) is 0 Å². The smallest absolute Gasteiger partial charge is 0.161 e. The summed E-state index contributed by atoms with van der Waals surface area (Å²) in [6.07, 6.45) is 2.64. The lowest BCUT2D eigenvalue weighted by atomic mass is 9.65. The van der Waals surface area contributed by atoms with Crippen LogP contribution in [-0.4, -0.2) is 49.9 Å². The van der Waals surface area contributed by atoms with Gasteiger partial charge in [0.05, 0.1) is 20.3 Å². The molecule has 3 atom stereocenters. The number of likely N-dealkylation sites (N-methyl/N-ethyl adjacent to an activating group) is 1. The van der Waals surface area contributed by atoms with Gasteiger partial charge in [-0.2, -0.15) is 0 Å². The van der Waals surface area contributed by atoms with Crippen LogP contribution in [0.25, 0.3) is 0 Å². The minimum Gasteiger partial charge on any atom is -0.493 e. The first-order valence-electron chi connectivity index (χ1n) is 8.09. The lowest BCUT2D eigenvalue weighted by Gasteiger charge is -2.43. The van der Waals surface area contributed by atoms with E-state index in [0.717, 1.165) is 31.4 Å². The summed E-state index contributed by atoms with van der Waals surface area (Å²) in [5.74, 6) is 1.41. The van der Waals surface area contributed by atoms with Gasteiger partial charge in [-0.05, 0) is 57.0 Å². The van der Waals surface area contributed by atoms with Crippen LogP contribution in [0.3, 0.4) is 0 Å². The van der Waals surface area contributed by atoms with E-state index in [1.807, 2.05) is 19.2 Å². The summed E-state index contributed by atoms with van der Waals surface area (Å²) in [5, 5.41) is 10.1. The van der Waals surface area contributed by atoms with Gasteiger partial charge in [0.15, 0.2) is 11.5 Å². The Hall–Kier alpha value is -1.26. The van der Waals surface area contributed by atoms with Gasteiger partial charge in [0.25, 0.3) is 0 Å². The molecule has 2 aliphatic rings. The molecule has 1 saturated carbocycles. The van der Waals surface area contributed by atoms with Crippen LogP contribution in [0.2, 0.25) is 0 Å². The number of hydrogen-bond donors (Lipinski definition) is 1. The Labute approximate surface area is 128 Å². The monoisotopic (exact) mass is 292 g/mol. The first-order chi connectivity index (χ1) is 10.5. The van der Waals surface area contributed by atoms with E-state index in [-0.39, 0.29) is 11.5 Å². The van der Waals surface area contributed by atoms with E-state index in [4.69, 9.17) is 10.8 Å². The molecule has 0 amide bonds. The fourth-order valence-corrected chi connectivity index (χ4v) is 3.95. The number of aliphatic hydroxyl groups excluding tert-OH is 1. The van der Waals surface area contributed by atoms with Crippen LogP contribution >= 0.6 is 0 Å². The van der Waals surface area contributed by atoms with Crippen molar-refractivity contribution in [2.24, 2.45) is 0 Å². The van der Waals surface area contributed by atoms with Crippen LogP contribution in [0.15, 0.2) is 18.2 Å². The number of fused-ring (bicyclic) bond motifs is 1. The standard InChI is InChI=1S/C17H25NO3/c1-18-9-8-17(7-6-13(19)11-16(17)18)12-4-5-14(20-2)15(10-12)21-3/h4-5,10,13,16,19H,6-9,11H2,1-3H3/t13-,16+,17+/m1/s1/i16D. The summed E-state index contributed by atoms with van der Waals surface area (Å²) < 4.78 is 19.9. The molecule has 0 bridgehead atoms. The molecule has 0 spiro atoms. The molecule has 4 nitrogen and oxygen atoms in total. The zero-order valence-corrected chi connectivity index (χ0v) is 13.1. The molecule has 116 valence electrons. The topological polar surface area (TPSA) is 41.9 Å². The summed E-state index contributed by atoms with van der Waals surface area (Å²) in [4.78, 5) is 2.09. The molecule has 0 aromatic heterocycles. The van der Waals surface area contributed by atoms with Gasteiger partial charge in [-0.1, -0.05) is 6.07 Å². The highest BCUT2D eigenvalue weighted by Crippen LogP contribution is 2.49. The van der Waals surface area contributed by atoms with E-state index in [0.29, 0.717) is 17.9 Å². The van der Waals surface area contributed by atoms with Crippen molar-refractivity contribution in [3.05, 3.63) is 23.8 Å². The van der Waals surface area contributed by atoms with Crippen molar-refractivity contribution in [2.45, 2.75) is 43.2 Å². The first kappa shape index (κ1) is 13.4. The average molecular weight is 292 g/mol. The normalized spacial score (nSPS) is 37.0. The Bertz CT molecular complexity index is 567. The lowest BCUT2D eigenvalue weighted by molar-refractivity contribution is 0.0566. The largest absolute Gasteiger partial charge is 0.493 e. The Morgan fingerprint density at radius 3 is 2.76 bits per heavy atom. The van der Waals surface area contributed by atoms with Gasteiger partial charge >= 0.3 is 0 Å². The molecule has 0 unspecified atom stereocenters. The molecule has 1 aromatic carbocycles. The predicted octanol–water partition coefficient (Wildman–Crippen LogP) is 2.19. The molecule has 1 aliphatic carbocycles. The highest BCUT2D eigenvalue weighted by atomic mass is 16.5. The molecule has 3 rings (SSSR count). The number of hydrogen-bond acceptors (Lipinski definition) is 4. The molecular weight excluding hydrogens is 266 g/mol. The van der Waals surface area contributed by atoms with E-state index >= 15 is 0 Å². The van der Waals surface area contributed by atoms with E-state index < -0.39 is 6.02 Å². The van der Waals surface area contributed by atoms with Gasteiger partial charge < -0.3 is 19.5 Å². The zero-order valence-electron chi connectivity index (χ0n) is 14.1. The summed E-state index contributed by atoms with van der Waals surface area (Å²) in [7, 11) is 5.26. The van der Waals surface area contributed by atoms with Crippen LogP contribution in [0.1, 0.15) is 32.6 Å². The lowest BCUT2D eigenvalue weighted by Crippen LogP contribution is -2.47. The van der Waals surface area contributed by atoms with Crippen LogP contribution < -0.4 is 9.47 Å². The molecular formula is C17H25NO3. The highest BCUT2D eigenvalue weighted by molar-refractivity contribution is 5.46. The third-order valence-electron chi connectivity index (χ3n) is 5.16. The maximum absolute atomic E-state index is 10.1. The summed E-state index contributed by atoms with van der Waals surface area (Å²) in [6.45, 7) is 0.880. The fourth-order valence-electron chi connectivity index (χ4n) is 3.95. The number of ether oxygens (including phenoxy) is 2. The van der Waals surface area contributed by atoms with E-state index in [1.54, 1.807) is 14.2 Å². The van der Waals surface area contributed by atoms with Crippen molar-refractivity contribution in [2.75, 3.05) is 27.8 Å². The van der Waals surface area contributed by atoms with Gasteiger partial charge in [-0.25, -0.2) is 0 Å². The van der Waals surface area contributed by atoms with Crippen molar-refractivity contribution in [3.63, 3.8) is 0 Å². The average Bonchev–Trinajstić information content (AvgIpc) is 2.79. The third kappa shape index (κ3) is 2.30. The quantitative estimate of drug-likeness (QED) is 0.927. The number of aliphatic hydroxyl groups is 1. The Kier molecular flexibility index (Phi) is 3.51. The van der Waals surface area contributed by atoms with E-state index in [2.05, 4.69) is 11.0 Å². The van der Waals surface area contributed by atoms with Crippen LogP contribution in [0.4, 0.5) is 0 Å². The molecule has 1 N–H and O–H groups in total. The number of likely N-dealkylation sites (tertiary alicyclic amines) is 1. The van der Waals surface area contributed by atoms with Gasteiger partial charge in [-0.3, -0.25) is 0 Å². The Morgan fingerprint density at radius 2 is 2.05 bits per heavy atom. The molecule has 0 radical (unpaired) electrons. The van der Waals surface area contributed by atoms with Crippen LogP contribution in [0, 0.1) is 0 Å². The summed E-state index contributed by atoms with van der Waals surface area (Å²) >= 11 is 0. The minimum absolute atomic E-state index is 0.249. The number of nitrogens with zero attached hydrogens (tertiary/aromatic N) is 1. The maximum atomic E-state index is 10.1. The molecule has 1 heterocycles. The van der Waals surface area contributed by atoms with Gasteiger partial charge in [0.1, 0.15) is 0 Å². The predicted molar refractivity (Wildman–Crippen MR) is 82.1 cm³/mol. The maximum Gasteiger partial charge on any atom is 0.161 e. The SMILES string of the molecule is [2H][C@]12C[C@H](O)CC[C@@]1(c1ccc(OC)c(OC)c1)CCN2C. The molecule has 1 saturated heterocycles.